The fourth-order valence-corrected chi connectivity index (χ4v) is 6.15. The number of nitrogens with one attached hydrogen (secondary N) is 1. The highest BCUT2D eigenvalue weighted by molar-refractivity contribution is 7.23. The molecule has 172 valence electrons. The second-order valence-electron chi connectivity index (χ2n) is 8.63. The number of benzene rings is 2. The number of thiazole rings is 2. The normalized spacial score (nSPS) is 14.1. The van der Waals surface area contributed by atoms with Crippen LogP contribution in [0.1, 0.15) is 69.3 Å². The summed E-state index contributed by atoms with van der Waals surface area (Å²) in [7, 11) is 1.62. The average Bonchev–Trinajstić information content (AvgIpc) is 3.42. The molecule has 0 aliphatic heterocycles. The van der Waals surface area contributed by atoms with Crippen LogP contribution in [0.25, 0.3) is 20.5 Å². The average molecular weight is 488 g/mol. The zero-order valence-corrected chi connectivity index (χ0v) is 20.7. The number of aromatic nitrogens is 2. The molecule has 1 fully saturated rings. The summed E-state index contributed by atoms with van der Waals surface area (Å²) in [5.41, 5.74) is 3.41. The molecule has 5 rings (SSSR count). The van der Waals surface area contributed by atoms with Crippen molar-refractivity contribution in [3.63, 3.8) is 0 Å². The Kier molecular flexibility index (Phi) is 6.39. The Morgan fingerprint density at radius 1 is 1.03 bits per heavy atom. The summed E-state index contributed by atoms with van der Waals surface area (Å²) in [4.78, 5) is 36.8. The fraction of sp³-hybridized carbons (Fsp3) is 0.259. The summed E-state index contributed by atoms with van der Waals surface area (Å²) in [6, 6.07) is 17.7. The second-order valence-corrected chi connectivity index (χ2v) is 10.7. The van der Waals surface area contributed by atoms with Crippen molar-refractivity contribution in [1.82, 2.24) is 15.3 Å². The molecule has 1 saturated carbocycles. The summed E-state index contributed by atoms with van der Waals surface area (Å²) in [5.74, 6) is 0.443. The number of Topliss-reactive ketones (excluding diaryl/α,β-unsaturated/α-hetero) is 1. The van der Waals surface area contributed by atoms with Crippen molar-refractivity contribution in [2.24, 2.45) is 0 Å². The second kappa shape index (κ2) is 9.60. The number of nitrogens with zero attached hydrogens (tertiary/aromatic N) is 2. The largest absolute Gasteiger partial charge is 0.355 e. The Hall–Kier alpha value is -3.16. The monoisotopic (exact) mass is 487 g/mol. The van der Waals surface area contributed by atoms with Crippen molar-refractivity contribution in [3.8, 4) is 20.5 Å². The van der Waals surface area contributed by atoms with Crippen LogP contribution < -0.4 is 5.32 Å². The molecule has 1 atom stereocenters. The molecule has 2 aromatic heterocycles. The summed E-state index contributed by atoms with van der Waals surface area (Å²) < 4.78 is 0. The van der Waals surface area contributed by atoms with Gasteiger partial charge in [0.05, 0.1) is 4.88 Å². The van der Waals surface area contributed by atoms with E-state index in [-0.39, 0.29) is 17.6 Å². The maximum atomic E-state index is 13.3. The zero-order valence-electron chi connectivity index (χ0n) is 19.1. The minimum atomic E-state index is -0.114. The number of amides is 1. The SMILES string of the molecule is CNC(=O)c1ccc([C@@H](C)CC(=O)c2nc(-c3ncc(-c4ccccc4)s3)sc2C2CC2)cc1. The van der Waals surface area contributed by atoms with Crippen LogP contribution in [0.2, 0.25) is 0 Å². The summed E-state index contributed by atoms with van der Waals surface area (Å²) >= 11 is 3.24. The van der Waals surface area contributed by atoms with E-state index in [4.69, 9.17) is 4.98 Å². The van der Waals surface area contributed by atoms with Crippen molar-refractivity contribution in [2.45, 2.75) is 38.0 Å². The molecule has 0 bridgehead atoms. The van der Waals surface area contributed by atoms with Crippen LogP contribution in [0, 0.1) is 0 Å². The summed E-state index contributed by atoms with van der Waals surface area (Å²) in [5, 5.41) is 4.33. The van der Waals surface area contributed by atoms with Gasteiger partial charge in [0.25, 0.3) is 5.91 Å². The van der Waals surface area contributed by atoms with Crippen LogP contribution in [-0.4, -0.2) is 28.7 Å². The Bertz CT molecular complexity index is 1320. The summed E-state index contributed by atoms with van der Waals surface area (Å²) in [6.07, 6.45) is 4.51. The van der Waals surface area contributed by atoms with E-state index in [1.807, 2.05) is 43.5 Å². The topological polar surface area (TPSA) is 72.0 Å². The lowest BCUT2D eigenvalue weighted by atomic mass is 9.93. The molecule has 0 unspecified atom stereocenters. The van der Waals surface area contributed by atoms with Crippen LogP contribution in [0.5, 0.6) is 0 Å². The van der Waals surface area contributed by atoms with Gasteiger partial charge in [0.2, 0.25) is 0 Å². The predicted octanol–water partition coefficient (Wildman–Crippen LogP) is 6.55. The van der Waals surface area contributed by atoms with E-state index < -0.39 is 0 Å². The third-order valence-corrected chi connectivity index (χ3v) is 8.48. The van der Waals surface area contributed by atoms with Crippen LogP contribution in [0.4, 0.5) is 0 Å². The highest BCUT2D eigenvalue weighted by Gasteiger charge is 2.33. The van der Waals surface area contributed by atoms with Gasteiger partial charge in [-0.3, -0.25) is 9.59 Å². The van der Waals surface area contributed by atoms with Crippen LogP contribution in [0.15, 0.2) is 60.8 Å². The van der Waals surface area contributed by atoms with Gasteiger partial charge >= 0.3 is 0 Å². The number of hydrogen-bond donors (Lipinski definition) is 1. The van der Waals surface area contributed by atoms with Crippen LogP contribution >= 0.6 is 22.7 Å². The Morgan fingerprint density at radius 2 is 1.76 bits per heavy atom. The van der Waals surface area contributed by atoms with Gasteiger partial charge in [-0.2, -0.15) is 0 Å². The molecular formula is C27H25N3O2S2. The van der Waals surface area contributed by atoms with E-state index in [2.05, 4.69) is 22.4 Å². The Balaban J connectivity index is 1.36. The van der Waals surface area contributed by atoms with Crippen molar-refractivity contribution in [3.05, 3.63) is 82.5 Å². The number of hydrogen-bond acceptors (Lipinski definition) is 6. The number of ketones is 1. The molecule has 5 nitrogen and oxygen atoms in total. The van der Waals surface area contributed by atoms with E-state index in [1.165, 1.54) is 0 Å². The first-order valence-electron chi connectivity index (χ1n) is 11.4. The molecule has 0 radical (unpaired) electrons. The van der Waals surface area contributed by atoms with Gasteiger partial charge in [0.1, 0.15) is 5.69 Å². The van der Waals surface area contributed by atoms with E-state index in [0.717, 1.165) is 43.7 Å². The first-order valence-corrected chi connectivity index (χ1v) is 13.0. The minimum absolute atomic E-state index is 0.0352. The quantitative estimate of drug-likeness (QED) is 0.286. The lowest BCUT2D eigenvalue weighted by molar-refractivity contribution is 0.0957. The molecule has 1 N–H and O–H groups in total. The molecule has 1 aliphatic rings. The third kappa shape index (κ3) is 4.72. The van der Waals surface area contributed by atoms with Gasteiger partial charge in [-0.25, -0.2) is 9.97 Å². The van der Waals surface area contributed by atoms with Crippen molar-refractivity contribution >= 4 is 34.4 Å². The fourth-order valence-electron chi connectivity index (χ4n) is 3.95. The highest BCUT2D eigenvalue weighted by Crippen LogP contribution is 2.47. The lowest BCUT2D eigenvalue weighted by Gasteiger charge is -2.11. The van der Waals surface area contributed by atoms with E-state index in [1.54, 1.807) is 41.9 Å². The lowest BCUT2D eigenvalue weighted by Crippen LogP contribution is -2.17. The molecule has 2 aromatic carbocycles. The van der Waals surface area contributed by atoms with Crippen LogP contribution in [-0.2, 0) is 0 Å². The molecule has 4 aromatic rings. The van der Waals surface area contributed by atoms with Gasteiger partial charge < -0.3 is 5.32 Å². The number of rotatable bonds is 8. The van der Waals surface area contributed by atoms with Gasteiger partial charge in [0, 0.05) is 30.1 Å². The van der Waals surface area contributed by atoms with E-state index >= 15 is 0 Å². The predicted molar refractivity (Wildman–Crippen MR) is 138 cm³/mol. The Morgan fingerprint density at radius 3 is 2.44 bits per heavy atom. The van der Waals surface area contributed by atoms with Crippen molar-refractivity contribution in [2.75, 3.05) is 7.05 Å². The number of carbonyl (C=O) groups excluding carboxylic acids is 2. The van der Waals surface area contributed by atoms with Gasteiger partial charge in [-0.15, -0.1) is 22.7 Å². The molecule has 2 heterocycles. The van der Waals surface area contributed by atoms with E-state index in [0.29, 0.717) is 23.6 Å². The first-order chi connectivity index (χ1) is 16.5. The van der Waals surface area contributed by atoms with Gasteiger partial charge in [-0.05, 0) is 47.9 Å². The third-order valence-electron chi connectivity index (χ3n) is 6.07. The molecule has 1 aliphatic carbocycles. The van der Waals surface area contributed by atoms with Crippen molar-refractivity contribution in [1.29, 1.82) is 0 Å². The maximum Gasteiger partial charge on any atom is 0.251 e. The molecule has 0 spiro atoms. The van der Waals surface area contributed by atoms with Gasteiger partial charge in [0.15, 0.2) is 15.8 Å². The Labute approximate surface area is 206 Å². The highest BCUT2D eigenvalue weighted by atomic mass is 32.1. The van der Waals surface area contributed by atoms with E-state index in [9.17, 15) is 9.59 Å². The number of carbonyl (C=O) groups is 2. The molecule has 7 heteroatoms. The molecular weight excluding hydrogens is 462 g/mol. The minimum Gasteiger partial charge on any atom is -0.355 e. The smallest absolute Gasteiger partial charge is 0.251 e. The standard InChI is InChI=1S/C27H25N3O2S2/c1-16(17-8-12-20(13-9-17)25(32)28-2)14-21(31)23-24(19-10-11-19)34-27(30-23)26-29-15-22(33-26)18-6-4-3-5-7-18/h3-9,12-13,15-16,19H,10-11,14H2,1-2H3,(H,28,32)/t16-/m0/s1. The molecule has 34 heavy (non-hydrogen) atoms. The zero-order chi connectivity index (χ0) is 23.7. The summed E-state index contributed by atoms with van der Waals surface area (Å²) in [6.45, 7) is 2.05. The van der Waals surface area contributed by atoms with Gasteiger partial charge in [-0.1, -0.05) is 49.4 Å². The maximum absolute atomic E-state index is 13.3. The van der Waals surface area contributed by atoms with Crippen LogP contribution in [0.3, 0.4) is 0 Å². The molecule has 0 saturated heterocycles. The van der Waals surface area contributed by atoms with Crippen molar-refractivity contribution < 1.29 is 9.59 Å². The first kappa shape index (κ1) is 22.6. The molecule has 1 amide bonds.